The van der Waals surface area contributed by atoms with Gasteiger partial charge in [-0.15, -0.1) is 0 Å². The van der Waals surface area contributed by atoms with Gasteiger partial charge in [-0.1, -0.05) is 0 Å². The van der Waals surface area contributed by atoms with E-state index >= 15 is 0 Å². The molecule has 1 N–H and O–H groups in total. The highest BCUT2D eigenvalue weighted by Gasteiger charge is 2.25. The van der Waals surface area contributed by atoms with Gasteiger partial charge in [0.05, 0.1) is 24.3 Å². The Kier molecular flexibility index (Phi) is 5.99. The highest BCUT2D eigenvalue weighted by atomic mass is 32.2. The lowest BCUT2D eigenvalue weighted by Crippen LogP contribution is -2.40. The van der Waals surface area contributed by atoms with Crippen molar-refractivity contribution in [3.8, 4) is 0 Å². The Morgan fingerprint density at radius 2 is 1.82 bits per heavy atom. The van der Waals surface area contributed by atoms with E-state index in [-0.39, 0.29) is 11.8 Å². The highest BCUT2D eigenvalue weighted by Crippen LogP contribution is 2.24. The van der Waals surface area contributed by atoms with E-state index in [0.717, 1.165) is 67.7 Å². The van der Waals surface area contributed by atoms with E-state index in [4.69, 9.17) is 0 Å². The lowest BCUT2D eigenvalue weighted by molar-refractivity contribution is -0.125. The van der Waals surface area contributed by atoms with Crippen LogP contribution in [0.25, 0.3) is 0 Å². The molecule has 1 amide bonds. The van der Waals surface area contributed by atoms with E-state index < -0.39 is 0 Å². The summed E-state index contributed by atoms with van der Waals surface area (Å²) in [5.41, 5.74) is 2.07. The number of thioether (sulfide) groups is 1. The molecule has 8 nitrogen and oxygen atoms in total. The van der Waals surface area contributed by atoms with Gasteiger partial charge in [-0.2, -0.15) is 16.9 Å². The number of hydrogen-bond acceptors (Lipinski definition) is 7. The number of nitrogens with one attached hydrogen (secondary N) is 1. The van der Waals surface area contributed by atoms with Crippen molar-refractivity contribution < 1.29 is 4.79 Å². The molecule has 0 aromatic carbocycles. The summed E-state index contributed by atoms with van der Waals surface area (Å²) in [6.07, 6.45) is 9.26. The van der Waals surface area contributed by atoms with Gasteiger partial charge in [-0.05, 0) is 12.8 Å². The maximum Gasteiger partial charge on any atom is 0.225 e. The number of piperidine rings is 1. The van der Waals surface area contributed by atoms with E-state index in [9.17, 15) is 4.79 Å². The molecule has 28 heavy (non-hydrogen) atoms. The molecular formula is C19H27N7OS. The van der Waals surface area contributed by atoms with E-state index in [1.54, 1.807) is 10.9 Å². The Bertz CT molecular complexity index is 780. The minimum absolute atomic E-state index is 0.0685. The van der Waals surface area contributed by atoms with Gasteiger partial charge in [0.25, 0.3) is 0 Å². The molecule has 0 radical (unpaired) electrons. The SMILES string of the molecule is Cn1cc(CNC(=O)C2CCN(c3cnc(N4CCSCC4)nc3)CC2)cn1. The van der Waals surface area contributed by atoms with Crippen LogP contribution in [-0.2, 0) is 18.4 Å². The summed E-state index contributed by atoms with van der Waals surface area (Å²) in [5, 5.41) is 7.17. The summed E-state index contributed by atoms with van der Waals surface area (Å²) in [7, 11) is 1.88. The van der Waals surface area contributed by atoms with Gasteiger partial charge < -0.3 is 15.1 Å². The predicted molar refractivity (Wildman–Crippen MR) is 112 cm³/mol. The first-order chi connectivity index (χ1) is 13.7. The molecular weight excluding hydrogens is 374 g/mol. The number of aryl methyl sites for hydroxylation is 1. The van der Waals surface area contributed by atoms with Gasteiger partial charge in [0, 0.05) is 69.0 Å². The lowest BCUT2D eigenvalue weighted by atomic mass is 9.95. The molecule has 0 aliphatic carbocycles. The van der Waals surface area contributed by atoms with Crippen molar-refractivity contribution >= 4 is 29.3 Å². The van der Waals surface area contributed by atoms with Crippen LogP contribution in [0.15, 0.2) is 24.8 Å². The third-order valence-electron chi connectivity index (χ3n) is 5.37. The second-order valence-electron chi connectivity index (χ2n) is 7.34. The standard InChI is InChI=1S/C19H27N7OS/c1-24-14-15(11-23-24)10-20-18(27)16-2-4-25(5-3-16)17-12-21-19(22-13-17)26-6-8-28-9-7-26/h11-14,16H,2-10H2,1H3,(H,20,27). The molecule has 2 saturated heterocycles. The third-order valence-corrected chi connectivity index (χ3v) is 6.32. The normalized spacial score (nSPS) is 18.3. The van der Waals surface area contributed by atoms with Crippen LogP contribution < -0.4 is 15.1 Å². The second-order valence-corrected chi connectivity index (χ2v) is 8.57. The van der Waals surface area contributed by atoms with Crippen LogP contribution in [0.4, 0.5) is 11.6 Å². The molecule has 0 bridgehead atoms. The Morgan fingerprint density at radius 3 is 2.46 bits per heavy atom. The number of anilines is 2. The summed E-state index contributed by atoms with van der Waals surface area (Å²) >= 11 is 1.98. The lowest BCUT2D eigenvalue weighted by Gasteiger charge is -2.33. The Hall–Kier alpha value is -2.29. The summed E-state index contributed by atoms with van der Waals surface area (Å²) < 4.78 is 1.75. The van der Waals surface area contributed by atoms with Crippen LogP contribution >= 0.6 is 11.8 Å². The number of carbonyl (C=O) groups is 1. The monoisotopic (exact) mass is 401 g/mol. The fourth-order valence-corrected chi connectivity index (χ4v) is 4.60. The number of aromatic nitrogens is 4. The minimum Gasteiger partial charge on any atom is -0.369 e. The number of nitrogens with zero attached hydrogens (tertiary/aromatic N) is 6. The van der Waals surface area contributed by atoms with Crippen molar-refractivity contribution in [3.63, 3.8) is 0 Å². The summed E-state index contributed by atoms with van der Waals surface area (Å²) in [4.78, 5) is 26.1. The molecule has 4 rings (SSSR count). The van der Waals surface area contributed by atoms with Crippen LogP contribution in [-0.4, -0.2) is 63.3 Å². The first-order valence-corrected chi connectivity index (χ1v) is 11.0. The van der Waals surface area contributed by atoms with Crippen molar-refractivity contribution in [2.75, 3.05) is 47.5 Å². The molecule has 2 aromatic heterocycles. The molecule has 2 aliphatic rings. The van der Waals surface area contributed by atoms with Gasteiger partial charge in [-0.3, -0.25) is 9.48 Å². The van der Waals surface area contributed by atoms with Crippen LogP contribution in [0, 0.1) is 5.92 Å². The maximum absolute atomic E-state index is 12.5. The quantitative estimate of drug-likeness (QED) is 0.809. The van der Waals surface area contributed by atoms with Crippen molar-refractivity contribution in [3.05, 3.63) is 30.4 Å². The molecule has 9 heteroatoms. The molecule has 0 unspecified atom stereocenters. The summed E-state index contributed by atoms with van der Waals surface area (Å²) in [5.74, 6) is 3.31. The average molecular weight is 402 g/mol. The van der Waals surface area contributed by atoms with E-state index in [2.05, 4.69) is 30.2 Å². The molecule has 150 valence electrons. The molecule has 2 fully saturated rings. The van der Waals surface area contributed by atoms with Gasteiger partial charge in [0.1, 0.15) is 0 Å². The van der Waals surface area contributed by atoms with Crippen molar-refractivity contribution in [2.24, 2.45) is 13.0 Å². The van der Waals surface area contributed by atoms with E-state index in [1.807, 2.05) is 37.4 Å². The second kappa shape index (κ2) is 8.81. The first kappa shape index (κ1) is 19.0. The van der Waals surface area contributed by atoms with Gasteiger partial charge in [0.15, 0.2) is 0 Å². The van der Waals surface area contributed by atoms with Gasteiger partial charge in [-0.25, -0.2) is 9.97 Å². The van der Waals surface area contributed by atoms with Crippen molar-refractivity contribution in [1.29, 1.82) is 0 Å². The van der Waals surface area contributed by atoms with E-state index in [1.165, 1.54) is 0 Å². The third kappa shape index (κ3) is 4.57. The Balaban J connectivity index is 1.25. The number of hydrogen-bond donors (Lipinski definition) is 1. The zero-order chi connectivity index (χ0) is 19.3. The molecule has 4 heterocycles. The maximum atomic E-state index is 12.5. The number of rotatable bonds is 5. The van der Waals surface area contributed by atoms with Crippen LogP contribution in [0.1, 0.15) is 18.4 Å². The zero-order valence-electron chi connectivity index (χ0n) is 16.3. The highest BCUT2D eigenvalue weighted by molar-refractivity contribution is 7.99. The molecule has 2 aliphatic heterocycles. The van der Waals surface area contributed by atoms with Gasteiger partial charge >= 0.3 is 0 Å². The van der Waals surface area contributed by atoms with E-state index in [0.29, 0.717) is 6.54 Å². The van der Waals surface area contributed by atoms with Crippen LogP contribution in [0.3, 0.4) is 0 Å². The minimum atomic E-state index is 0.0685. The van der Waals surface area contributed by atoms with Crippen LogP contribution in [0.5, 0.6) is 0 Å². The molecule has 0 saturated carbocycles. The number of carbonyl (C=O) groups excluding carboxylic acids is 1. The summed E-state index contributed by atoms with van der Waals surface area (Å²) in [6, 6.07) is 0. The van der Waals surface area contributed by atoms with Crippen molar-refractivity contribution in [1.82, 2.24) is 25.1 Å². The topological polar surface area (TPSA) is 79.2 Å². The Labute approximate surface area is 169 Å². The van der Waals surface area contributed by atoms with Crippen molar-refractivity contribution in [2.45, 2.75) is 19.4 Å². The fraction of sp³-hybridized carbons (Fsp3) is 0.579. The molecule has 2 aromatic rings. The fourth-order valence-electron chi connectivity index (χ4n) is 3.70. The molecule has 0 spiro atoms. The average Bonchev–Trinajstić information content (AvgIpc) is 3.18. The largest absolute Gasteiger partial charge is 0.369 e. The summed E-state index contributed by atoms with van der Waals surface area (Å²) in [6.45, 7) is 4.28. The van der Waals surface area contributed by atoms with Crippen LogP contribution in [0.2, 0.25) is 0 Å². The Morgan fingerprint density at radius 1 is 1.11 bits per heavy atom. The number of amides is 1. The molecule has 0 atom stereocenters. The first-order valence-electron chi connectivity index (χ1n) is 9.84. The predicted octanol–water partition coefficient (Wildman–Crippen LogP) is 1.30. The zero-order valence-corrected chi connectivity index (χ0v) is 17.1. The van der Waals surface area contributed by atoms with Gasteiger partial charge in [0.2, 0.25) is 11.9 Å². The smallest absolute Gasteiger partial charge is 0.225 e.